The van der Waals surface area contributed by atoms with Crippen molar-refractivity contribution < 1.29 is 9.53 Å². The van der Waals surface area contributed by atoms with E-state index in [0.29, 0.717) is 6.54 Å². The maximum atomic E-state index is 12.7. The molecule has 1 aliphatic heterocycles. The van der Waals surface area contributed by atoms with Gasteiger partial charge in [-0.2, -0.15) is 0 Å². The number of hydrogen-bond acceptors (Lipinski definition) is 3. The van der Waals surface area contributed by atoms with Crippen molar-refractivity contribution in [1.29, 1.82) is 0 Å². The molecule has 3 nitrogen and oxygen atoms in total. The molecule has 0 bridgehead atoms. The fourth-order valence-electron chi connectivity index (χ4n) is 3.17. The summed E-state index contributed by atoms with van der Waals surface area (Å²) in [5, 5.41) is 0. The van der Waals surface area contributed by atoms with Gasteiger partial charge in [-0.1, -0.05) is 30.3 Å². The van der Waals surface area contributed by atoms with E-state index in [4.69, 9.17) is 4.74 Å². The van der Waals surface area contributed by atoms with Crippen LogP contribution in [0.4, 0.5) is 0 Å². The second-order valence-electron chi connectivity index (χ2n) is 6.03. The quantitative estimate of drug-likeness (QED) is 0.776. The second-order valence-corrected chi connectivity index (χ2v) is 6.88. The maximum absolute atomic E-state index is 12.7. The van der Waals surface area contributed by atoms with Crippen LogP contribution in [0.5, 0.6) is 0 Å². The Balaban J connectivity index is 1.78. The Morgan fingerprint density at radius 1 is 1.17 bits per heavy atom. The van der Waals surface area contributed by atoms with Crippen LogP contribution in [0, 0.1) is 0 Å². The van der Waals surface area contributed by atoms with Gasteiger partial charge >= 0.3 is 0 Å². The van der Waals surface area contributed by atoms with Gasteiger partial charge in [0.2, 0.25) is 0 Å². The van der Waals surface area contributed by atoms with Crippen LogP contribution in [0.1, 0.15) is 23.2 Å². The minimum absolute atomic E-state index is 0.0986. The number of likely N-dealkylation sites (tertiary alicyclic amines) is 1. The molecule has 4 heteroatoms. The van der Waals surface area contributed by atoms with Crippen molar-refractivity contribution >= 4 is 17.7 Å². The van der Waals surface area contributed by atoms with Gasteiger partial charge in [-0.05, 0) is 48.4 Å². The van der Waals surface area contributed by atoms with Crippen molar-refractivity contribution in [2.75, 3.05) is 26.5 Å². The highest BCUT2D eigenvalue weighted by molar-refractivity contribution is 7.98. The van der Waals surface area contributed by atoms with E-state index in [-0.39, 0.29) is 12.0 Å². The predicted octanol–water partition coefficient (Wildman–Crippen LogP) is 4.33. The van der Waals surface area contributed by atoms with Crippen LogP contribution in [0.25, 0.3) is 11.1 Å². The number of hydrogen-bond donors (Lipinski definition) is 0. The Labute approximate surface area is 148 Å². The molecular formula is C20H23NO2S. The molecule has 126 valence electrons. The van der Waals surface area contributed by atoms with E-state index < -0.39 is 0 Å². The first-order chi connectivity index (χ1) is 11.7. The summed E-state index contributed by atoms with van der Waals surface area (Å²) >= 11 is 1.74. The largest absolute Gasteiger partial charge is 0.380 e. The third-order valence-electron chi connectivity index (χ3n) is 4.55. The predicted molar refractivity (Wildman–Crippen MR) is 99.6 cm³/mol. The monoisotopic (exact) mass is 341 g/mol. The lowest BCUT2D eigenvalue weighted by Crippen LogP contribution is -2.42. The van der Waals surface area contributed by atoms with E-state index in [1.54, 1.807) is 18.9 Å². The highest BCUT2D eigenvalue weighted by Crippen LogP contribution is 2.30. The molecule has 0 aromatic heterocycles. The van der Waals surface area contributed by atoms with E-state index >= 15 is 0 Å². The molecule has 2 aromatic rings. The minimum atomic E-state index is 0.0986. The highest BCUT2D eigenvalue weighted by Gasteiger charge is 2.24. The number of carbonyl (C=O) groups excluding carboxylic acids is 1. The van der Waals surface area contributed by atoms with Crippen LogP contribution < -0.4 is 0 Å². The molecule has 0 radical (unpaired) electrons. The van der Waals surface area contributed by atoms with Crippen molar-refractivity contribution in [2.45, 2.75) is 23.8 Å². The van der Waals surface area contributed by atoms with Crippen molar-refractivity contribution in [3.63, 3.8) is 0 Å². The second kappa shape index (κ2) is 7.86. The molecule has 0 spiro atoms. The lowest BCUT2D eigenvalue weighted by Gasteiger charge is -2.32. The summed E-state index contributed by atoms with van der Waals surface area (Å²) < 4.78 is 5.41. The van der Waals surface area contributed by atoms with Gasteiger partial charge in [-0.3, -0.25) is 4.79 Å². The Morgan fingerprint density at radius 3 is 2.62 bits per heavy atom. The van der Waals surface area contributed by atoms with Crippen LogP contribution >= 0.6 is 11.8 Å². The molecule has 24 heavy (non-hydrogen) atoms. The Morgan fingerprint density at radius 2 is 1.92 bits per heavy atom. The van der Waals surface area contributed by atoms with E-state index in [9.17, 15) is 4.79 Å². The van der Waals surface area contributed by atoms with Gasteiger partial charge in [0, 0.05) is 30.7 Å². The number of nitrogens with zero attached hydrogens (tertiary/aromatic N) is 1. The van der Waals surface area contributed by atoms with Gasteiger partial charge in [-0.15, -0.1) is 11.8 Å². The summed E-state index contributed by atoms with van der Waals surface area (Å²) in [6.45, 7) is 1.50. The number of methoxy groups -OCH3 is 1. The molecule has 0 aliphatic carbocycles. The summed E-state index contributed by atoms with van der Waals surface area (Å²) in [7, 11) is 1.72. The Hall–Kier alpha value is -1.78. The third-order valence-corrected chi connectivity index (χ3v) is 5.34. The highest BCUT2D eigenvalue weighted by atomic mass is 32.2. The molecule has 1 saturated heterocycles. The number of benzene rings is 2. The summed E-state index contributed by atoms with van der Waals surface area (Å²) in [4.78, 5) is 15.8. The average Bonchev–Trinajstić information content (AvgIpc) is 2.67. The number of carbonyl (C=O) groups is 1. The Bertz CT molecular complexity index is 699. The summed E-state index contributed by atoms with van der Waals surface area (Å²) in [6.07, 6.45) is 4.28. The van der Waals surface area contributed by atoms with Crippen molar-refractivity contribution in [2.24, 2.45) is 0 Å². The fourth-order valence-corrected chi connectivity index (χ4v) is 3.79. The smallest absolute Gasteiger partial charge is 0.253 e. The van der Waals surface area contributed by atoms with Crippen molar-refractivity contribution in [3.05, 3.63) is 54.1 Å². The zero-order chi connectivity index (χ0) is 16.9. The zero-order valence-electron chi connectivity index (χ0n) is 14.2. The third kappa shape index (κ3) is 3.65. The van der Waals surface area contributed by atoms with Gasteiger partial charge in [0.1, 0.15) is 0 Å². The number of ether oxygens (including phenoxy) is 1. The fraction of sp³-hybridized carbons (Fsp3) is 0.350. The molecular weight excluding hydrogens is 318 g/mol. The lowest BCUT2D eigenvalue weighted by molar-refractivity contribution is 0.0269. The molecule has 0 unspecified atom stereocenters. The zero-order valence-corrected chi connectivity index (χ0v) is 15.0. The lowest BCUT2D eigenvalue weighted by atomic mass is 10.0. The van der Waals surface area contributed by atoms with Gasteiger partial charge in [0.15, 0.2) is 0 Å². The molecule has 1 heterocycles. The molecule has 1 atom stereocenters. The van der Waals surface area contributed by atoms with Crippen LogP contribution in [0.2, 0.25) is 0 Å². The van der Waals surface area contributed by atoms with E-state index in [1.807, 2.05) is 35.2 Å². The maximum Gasteiger partial charge on any atom is 0.253 e. The standard InChI is InChI=1S/C20H23NO2S/c1-23-17-6-5-13-21(14-17)20(22)16-11-9-15(10-12-16)18-7-3-4-8-19(18)24-2/h3-4,7-12,17H,5-6,13-14H2,1-2H3/t17-/m0/s1. The first-order valence-corrected chi connectivity index (χ1v) is 9.51. The number of amides is 1. The average molecular weight is 341 g/mol. The summed E-state index contributed by atoms with van der Waals surface area (Å²) in [5.74, 6) is 0.0986. The summed E-state index contributed by atoms with van der Waals surface area (Å²) in [5.41, 5.74) is 3.10. The molecule has 2 aromatic carbocycles. The van der Waals surface area contributed by atoms with E-state index in [0.717, 1.165) is 30.5 Å². The van der Waals surface area contributed by atoms with Crippen LogP contribution in [-0.4, -0.2) is 43.4 Å². The van der Waals surface area contributed by atoms with Crippen molar-refractivity contribution in [1.82, 2.24) is 4.90 Å². The van der Waals surface area contributed by atoms with Crippen LogP contribution in [-0.2, 0) is 4.74 Å². The Kier molecular flexibility index (Phi) is 5.59. The summed E-state index contributed by atoms with van der Waals surface area (Å²) in [6, 6.07) is 16.3. The molecule has 0 N–H and O–H groups in total. The topological polar surface area (TPSA) is 29.5 Å². The molecule has 1 amide bonds. The molecule has 1 fully saturated rings. The van der Waals surface area contributed by atoms with Gasteiger partial charge in [-0.25, -0.2) is 0 Å². The number of piperidine rings is 1. The van der Waals surface area contributed by atoms with E-state index in [1.165, 1.54) is 10.5 Å². The molecule has 0 saturated carbocycles. The molecule has 1 aliphatic rings. The normalized spacial score (nSPS) is 17.8. The van der Waals surface area contributed by atoms with Crippen LogP contribution in [0.3, 0.4) is 0 Å². The number of thioether (sulfide) groups is 1. The minimum Gasteiger partial charge on any atom is -0.380 e. The van der Waals surface area contributed by atoms with Crippen molar-refractivity contribution in [3.8, 4) is 11.1 Å². The first-order valence-electron chi connectivity index (χ1n) is 8.28. The van der Waals surface area contributed by atoms with E-state index in [2.05, 4.69) is 24.5 Å². The van der Waals surface area contributed by atoms with Gasteiger partial charge in [0.25, 0.3) is 5.91 Å². The van der Waals surface area contributed by atoms with Gasteiger partial charge in [0.05, 0.1) is 6.10 Å². The first kappa shape index (κ1) is 17.1. The SMILES string of the molecule is CO[C@H]1CCCN(C(=O)c2ccc(-c3ccccc3SC)cc2)C1. The molecule has 3 rings (SSSR count). The van der Waals surface area contributed by atoms with Crippen LogP contribution in [0.15, 0.2) is 53.4 Å². The van der Waals surface area contributed by atoms with Gasteiger partial charge < -0.3 is 9.64 Å². The number of rotatable bonds is 4.